The van der Waals surface area contributed by atoms with Crippen molar-refractivity contribution >= 4 is 45.0 Å². The van der Waals surface area contributed by atoms with E-state index in [9.17, 15) is 14.4 Å². The SMILES string of the molecule is O=C(NCC(=O)N1CCC(C(=O)NCc2ccco2)CC1)c1ccc(Br)s1. The smallest absolute Gasteiger partial charge is 0.261 e. The predicted octanol–water partition coefficient (Wildman–Crippen LogP) is 2.39. The number of amides is 3. The largest absolute Gasteiger partial charge is 0.467 e. The summed E-state index contributed by atoms with van der Waals surface area (Å²) in [7, 11) is 0. The number of hydrogen-bond acceptors (Lipinski definition) is 5. The van der Waals surface area contributed by atoms with Crippen molar-refractivity contribution in [2.24, 2.45) is 5.92 Å². The predicted molar refractivity (Wildman–Crippen MR) is 104 cm³/mol. The Balaban J connectivity index is 1.38. The molecule has 0 bridgehead atoms. The lowest BCUT2D eigenvalue weighted by atomic mass is 9.96. The van der Waals surface area contributed by atoms with Gasteiger partial charge in [-0.15, -0.1) is 11.3 Å². The van der Waals surface area contributed by atoms with Crippen molar-refractivity contribution in [3.63, 3.8) is 0 Å². The number of hydrogen-bond donors (Lipinski definition) is 2. The lowest BCUT2D eigenvalue weighted by molar-refractivity contribution is -0.134. The summed E-state index contributed by atoms with van der Waals surface area (Å²) in [5.74, 6) is 0.196. The maximum Gasteiger partial charge on any atom is 0.261 e. The number of carbonyl (C=O) groups is 3. The molecule has 1 fully saturated rings. The van der Waals surface area contributed by atoms with Gasteiger partial charge in [0.15, 0.2) is 0 Å². The van der Waals surface area contributed by atoms with Crippen LogP contribution >= 0.6 is 27.3 Å². The summed E-state index contributed by atoms with van der Waals surface area (Å²) >= 11 is 4.63. The highest BCUT2D eigenvalue weighted by atomic mass is 79.9. The molecule has 7 nitrogen and oxygen atoms in total. The number of carbonyl (C=O) groups excluding carboxylic acids is 3. The summed E-state index contributed by atoms with van der Waals surface area (Å²) in [6.45, 7) is 1.36. The molecule has 1 aliphatic rings. The molecule has 0 radical (unpaired) electrons. The molecule has 3 heterocycles. The Hall–Kier alpha value is -2.13. The standard InChI is InChI=1S/C18H20BrN3O4S/c19-15-4-3-14(27-15)18(25)21-11-16(23)22-7-5-12(6-8-22)17(24)20-10-13-2-1-9-26-13/h1-4,9,12H,5-8,10-11H2,(H,20,24)(H,21,25). The third-order valence-corrected chi connectivity index (χ3v) is 6.05. The molecule has 9 heteroatoms. The molecule has 2 aromatic heterocycles. The molecule has 0 saturated carbocycles. The van der Waals surface area contributed by atoms with E-state index >= 15 is 0 Å². The van der Waals surface area contributed by atoms with Gasteiger partial charge in [-0.05, 0) is 53.0 Å². The second-order valence-corrected chi connectivity index (χ2v) is 8.70. The molecule has 0 atom stereocenters. The van der Waals surface area contributed by atoms with Crippen LogP contribution in [0.3, 0.4) is 0 Å². The highest BCUT2D eigenvalue weighted by Crippen LogP contribution is 2.22. The normalized spacial score (nSPS) is 14.8. The number of piperidine rings is 1. The monoisotopic (exact) mass is 453 g/mol. The molecule has 1 aliphatic heterocycles. The summed E-state index contributed by atoms with van der Waals surface area (Å²) in [5, 5.41) is 5.51. The molecule has 0 spiro atoms. The van der Waals surface area contributed by atoms with Gasteiger partial charge in [-0.2, -0.15) is 0 Å². The summed E-state index contributed by atoms with van der Waals surface area (Å²) in [6.07, 6.45) is 2.80. The molecular weight excluding hydrogens is 434 g/mol. The Morgan fingerprint density at radius 2 is 1.96 bits per heavy atom. The zero-order valence-electron chi connectivity index (χ0n) is 14.6. The molecule has 27 heavy (non-hydrogen) atoms. The highest BCUT2D eigenvalue weighted by molar-refractivity contribution is 9.11. The Morgan fingerprint density at radius 1 is 1.19 bits per heavy atom. The number of likely N-dealkylation sites (tertiary alicyclic amines) is 1. The summed E-state index contributed by atoms with van der Waals surface area (Å²) in [6, 6.07) is 7.09. The minimum absolute atomic E-state index is 0.0184. The van der Waals surface area contributed by atoms with Crippen molar-refractivity contribution in [2.75, 3.05) is 19.6 Å². The second kappa shape index (κ2) is 9.18. The first-order chi connectivity index (χ1) is 13.0. The van der Waals surface area contributed by atoms with E-state index in [1.54, 1.807) is 29.4 Å². The van der Waals surface area contributed by atoms with Crippen LogP contribution in [0.25, 0.3) is 0 Å². The molecule has 0 aliphatic carbocycles. The third kappa shape index (κ3) is 5.43. The first-order valence-corrected chi connectivity index (χ1v) is 10.3. The number of furan rings is 1. The van der Waals surface area contributed by atoms with Crippen LogP contribution in [0, 0.1) is 5.92 Å². The van der Waals surface area contributed by atoms with Crippen molar-refractivity contribution in [1.82, 2.24) is 15.5 Å². The maximum atomic E-state index is 12.3. The first-order valence-electron chi connectivity index (χ1n) is 8.64. The lowest BCUT2D eigenvalue weighted by Crippen LogP contribution is -2.46. The average molecular weight is 454 g/mol. The van der Waals surface area contributed by atoms with Gasteiger partial charge >= 0.3 is 0 Å². The number of rotatable bonds is 6. The van der Waals surface area contributed by atoms with Crippen LogP contribution in [0.15, 0.2) is 38.7 Å². The Kier molecular flexibility index (Phi) is 6.68. The summed E-state index contributed by atoms with van der Waals surface area (Å²) < 4.78 is 6.06. The van der Waals surface area contributed by atoms with Gasteiger partial charge in [-0.25, -0.2) is 0 Å². The van der Waals surface area contributed by atoms with Crippen LogP contribution in [-0.2, 0) is 16.1 Å². The Bertz CT molecular complexity index is 797. The van der Waals surface area contributed by atoms with E-state index in [-0.39, 0.29) is 30.2 Å². The summed E-state index contributed by atoms with van der Waals surface area (Å²) in [4.78, 5) is 38.8. The van der Waals surface area contributed by atoms with Crippen molar-refractivity contribution in [2.45, 2.75) is 19.4 Å². The van der Waals surface area contributed by atoms with Crippen molar-refractivity contribution < 1.29 is 18.8 Å². The Labute approximate surface area is 169 Å². The quantitative estimate of drug-likeness (QED) is 0.702. The molecule has 2 N–H and O–H groups in total. The van der Waals surface area contributed by atoms with Crippen molar-refractivity contribution in [1.29, 1.82) is 0 Å². The number of nitrogens with one attached hydrogen (secondary N) is 2. The van der Waals surface area contributed by atoms with Gasteiger partial charge in [0.1, 0.15) is 5.76 Å². The molecular formula is C18H20BrN3O4S. The van der Waals surface area contributed by atoms with Crippen molar-refractivity contribution in [3.8, 4) is 0 Å². The fraction of sp³-hybridized carbons (Fsp3) is 0.389. The number of halogens is 1. The van der Waals surface area contributed by atoms with Crippen molar-refractivity contribution in [3.05, 3.63) is 45.0 Å². The van der Waals surface area contributed by atoms with E-state index in [2.05, 4.69) is 26.6 Å². The molecule has 1 saturated heterocycles. The fourth-order valence-electron chi connectivity index (χ4n) is 2.91. The van der Waals surface area contributed by atoms with Gasteiger partial charge in [-0.3, -0.25) is 14.4 Å². The van der Waals surface area contributed by atoms with E-state index in [1.165, 1.54) is 11.3 Å². The van der Waals surface area contributed by atoms with Crippen LogP contribution in [0.5, 0.6) is 0 Å². The van der Waals surface area contributed by atoms with Gasteiger partial charge in [0.25, 0.3) is 5.91 Å². The molecule has 3 rings (SSSR count). The maximum absolute atomic E-state index is 12.3. The van der Waals surface area contributed by atoms with E-state index in [0.29, 0.717) is 43.1 Å². The minimum atomic E-state index is -0.258. The lowest BCUT2D eigenvalue weighted by Gasteiger charge is -2.31. The topological polar surface area (TPSA) is 91.7 Å². The first kappa shape index (κ1) is 19.6. The van der Waals surface area contributed by atoms with Gasteiger partial charge < -0.3 is 20.0 Å². The van der Waals surface area contributed by atoms with Crippen LogP contribution in [0.4, 0.5) is 0 Å². The molecule has 3 amide bonds. The van der Waals surface area contributed by atoms with E-state index in [4.69, 9.17) is 4.42 Å². The molecule has 0 aromatic carbocycles. The van der Waals surface area contributed by atoms with Crippen LogP contribution in [-0.4, -0.2) is 42.3 Å². The number of nitrogens with zero attached hydrogens (tertiary/aromatic N) is 1. The zero-order chi connectivity index (χ0) is 19.2. The van der Waals surface area contributed by atoms with E-state index in [1.807, 2.05) is 6.07 Å². The average Bonchev–Trinajstić information content (AvgIpc) is 3.35. The zero-order valence-corrected chi connectivity index (χ0v) is 17.0. The van der Waals surface area contributed by atoms with E-state index < -0.39 is 0 Å². The van der Waals surface area contributed by atoms with Crippen LogP contribution in [0.2, 0.25) is 0 Å². The number of thiophene rings is 1. The fourth-order valence-corrected chi connectivity index (χ4v) is 4.22. The van der Waals surface area contributed by atoms with Crippen LogP contribution < -0.4 is 10.6 Å². The highest BCUT2D eigenvalue weighted by Gasteiger charge is 2.27. The molecule has 2 aromatic rings. The third-order valence-electron chi connectivity index (χ3n) is 4.43. The van der Waals surface area contributed by atoms with Gasteiger partial charge in [0, 0.05) is 19.0 Å². The van der Waals surface area contributed by atoms with E-state index in [0.717, 1.165) is 3.79 Å². The minimum Gasteiger partial charge on any atom is -0.467 e. The Morgan fingerprint density at radius 3 is 2.59 bits per heavy atom. The summed E-state index contributed by atoms with van der Waals surface area (Å²) in [5.41, 5.74) is 0. The molecule has 144 valence electrons. The van der Waals surface area contributed by atoms with Gasteiger partial charge in [-0.1, -0.05) is 0 Å². The van der Waals surface area contributed by atoms with Crippen LogP contribution in [0.1, 0.15) is 28.3 Å². The van der Waals surface area contributed by atoms with Gasteiger partial charge in [0.2, 0.25) is 11.8 Å². The second-order valence-electron chi connectivity index (χ2n) is 6.24. The van der Waals surface area contributed by atoms with Gasteiger partial charge in [0.05, 0.1) is 28.0 Å². The molecule has 0 unspecified atom stereocenters.